The SMILES string of the molecule is CC(=O)O[C@H]1[C@@H]2O[C@@H]2C(=O)C2=C[C@@H]3C(C)(C)O[C@@]4(O)[C@H]5O[C@H]5[C@H](OC(C)=O)[C@@H]([C@@H]21)[C@@]34/C=C/C(C)(C)O. The number of hydrogen-bond acceptors (Lipinski definition) is 10. The zero-order valence-electron chi connectivity index (χ0n) is 21.1. The van der Waals surface area contributed by atoms with Crippen molar-refractivity contribution in [1.82, 2.24) is 0 Å². The van der Waals surface area contributed by atoms with Gasteiger partial charge >= 0.3 is 11.9 Å². The second-order valence-electron chi connectivity index (χ2n) is 12.0. The third-order valence-corrected chi connectivity index (χ3v) is 8.65. The molecule has 10 heteroatoms. The Balaban J connectivity index is 1.63. The zero-order valence-corrected chi connectivity index (χ0v) is 21.1. The van der Waals surface area contributed by atoms with Crippen LogP contribution >= 0.6 is 0 Å². The number of carbonyl (C=O) groups excluding carboxylic acids is 3. The first-order chi connectivity index (χ1) is 16.6. The first-order valence-corrected chi connectivity index (χ1v) is 12.4. The molecule has 2 N–H and O–H groups in total. The summed E-state index contributed by atoms with van der Waals surface area (Å²) in [4.78, 5) is 37.9. The monoisotopic (exact) mass is 504 g/mol. The Kier molecular flexibility index (Phi) is 4.75. The van der Waals surface area contributed by atoms with Crippen LogP contribution < -0.4 is 0 Å². The van der Waals surface area contributed by atoms with E-state index in [1.165, 1.54) is 13.8 Å². The molecule has 0 radical (unpaired) electrons. The van der Waals surface area contributed by atoms with Crippen LogP contribution in [0.15, 0.2) is 23.8 Å². The fraction of sp³-hybridized carbons (Fsp3) is 0.731. The van der Waals surface area contributed by atoms with Gasteiger partial charge in [-0.1, -0.05) is 18.2 Å². The summed E-state index contributed by atoms with van der Waals surface area (Å²) in [5.41, 5.74) is -3.08. The van der Waals surface area contributed by atoms with Gasteiger partial charge < -0.3 is 33.9 Å². The Labute approximate surface area is 208 Å². The number of esters is 2. The molecule has 6 rings (SSSR count). The van der Waals surface area contributed by atoms with Gasteiger partial charge in [-0.2, -0.15) is 0 Å². The molecule has 196 valence electrons. The lowest BCUT2D eigenvalue weighted by atomic mass is 9.46. The molecule has 0 spiro atoms. The summed E-state index contributed by atoms with van der Waals surface area (Å²) in [6, 6.07) is 0. The van der Waals surface area contributed by atoms with E-state index in [1.54, 1.807) is 32.1 Å². The van der Waals surface area contributed by atoms with Crippen molar-refractivity contribution >= 4 is 17.7 Å². The lowest BCUT2D eigenvalue weighted by molar-refractivity contribution is -0.282. The molecule has 0 amide bonds. The van der Waals surface area contributed by atoms with Crippen molar-refractivity contribution in [3.8, 4) is 0 Å². The van der Waals surface area contributed by atoms with Gasteiger partial charge in [0.25, 0.3) is 0 Å². The molecule has 10 nitrogen and oxygen atoms in total. The van der Waals surface area contributed by atoms with Crippen LogP contribution in [0.1, 0.15) is 41.5 Å². The second-order valence-corrected chi connectivity index (χ2v) is 12.0. The highest BCUT2D eigenvalue weighted by Gasteiger charge is 2.85. The fourth-order valence-electron chi connectivity index (χ4n) is 7.51. The predicted molar refractivity (Wildman–Crippen MR) is 120 cm³/mol. The number of epoxide rings is 2. The van der Waals surface area contributed by atoms with Crippen molar-refractivity contribution < 1.29 is 48.3 Å². The second kappa shape index (κ2) is 7.05. The van der Waals surface area contributed by atoms with E-state index < -0.39 is 88.7 Å². The van der Waals surface area contributed by atoms with E-state index in [2.05, 4.69) is 0 Å². The summed E-state index contributed by atoms with van der Waals surface area (Å²) in [5, 5.41) is 22.9. The fourth-order valence-corrected chi connectivity index (χ4v) is 7.51. The van der Waals surface area contributed by atoms with E-state index in [1.807, 2.05) is 13.8 Å². The smallest absolute Gasteiger partial charge is 0.303 e. The molecular formula is C26H32O10. The zero-order chi connectivity index (χ0) is 26.2. The average molecular weight is 505 g/mol. The van der Waals surface area contributed by atoms with Crippen LogP contribution in [0.3, 0.4) is 0 Å². The van der Waals surface area contributed by atoms with E-state index in [9.17, 15) is 24.6 Å². The maximum Gasteiger partial charge on any atom is 0.303 e. The van der Waals surface area contributed by atoms with Gasteiger partial charge in [0.1, 0.15) is 30.5 Å². The minimum Gasteiger partial charge on any atom is -0.459 e. The molecule has 2 saturated carbocycles. The van der Waals surface area contributed by atoms with Gasteiger partial charge in [-0.25, -0.2) is 0 Å². The predicted octanol–water partition coefficient (Wildman–Crippen LogP) is 0.580. The summed E-state index contributed by atoms with van der Waals surface area (Å²) >= 11 is 0. The first kappa shape index (κ1) is 24.2. The van der Waals surface area contributed by atoms with Crippen LogP contribution in [-0.4, -0.2) is 81.5 Å². The van der Waals surface area contributed by atoms with Gasteiger partial charge in [0.05, 0.1) is 16.6 Å². The minimum atomic E-state index is -1.86. The molecule has 0 aromatic carbocycles. The van der Waals surface area contributed by atoms with Gasteiger partial charge in [0.15, 0.2) is 11.9 Å². The van der Waals surface area contributed by atoms with Crippen molar-refractivity contribution in [3.05, 3.63) is 23.8 Å². The van der Waals surface area contributed by atoms with Crippen LogP contribution in [0, 0.1) is 23.2 Å². The summed E-state index contributed by atoms with van der Waals surface area (Å²) in [5.74, 6) is -5.25. The van der Waals surface area contributed by atoms with Crippen LogP contribution in [0.2, 0.25) is 0 Å². The molecule has 3 aliphatic heterocycles. The van der Waals surface area contributed by atoms with Crippen LogP contribution in [0.25, 0.3) is 0 Å². The molecule has 0 unspecified atom stereocenters. The van der Waals surface area contributed by atoms with Crippen molar-refractivity contribution in [3.63, 3.8) is 0 Å². The van der Waals surface area contributed by atoms with Crippen molar-refractivity contribution in [2.24, 2.45) is 23.2 Å². The van der Waals surface area contributed by atoms with Gasteiger partial charge in [0.2, 0.25) is 5.79 Å². The maximum absolute atomic E-state index is 13.5. The number of fused-ring (bicyclic) bond motifs is 5. The van der Waals surface area contributed by atoms with E-state index in [0.29, 0.717) is 5.57 Å². The van der Waals surface area contributed by atoms with Crippen molar-refractivity contribution in [2.75, 3.05) is 0 Å². The molecule has 0 bridgehead atoms. The van der Waals surface area contributed by atoms with Gasteiger partial charge in [-0.05, 0) is 27.7 Å². The van der Waals surface area contributed by atoms with Crippen LogP contribution in [-0.2, 0) is 38.1 Å². The highest BCUT2D eigenvalue weighted by atomic mass is 16.7. The number of hydrogen-bond donors (Lipinski definition) is 2. The highest BCUT2D eigenvalue weighted by molar-refractivity contribution is 6.03. The van der Waals surface area contributed by atoms with E-state index in [4.69, 9.17) is 23.7 Å². The van der Waals surface area contributed by atoms with Gasteiger partial charge in [-0.15, -0.1) is 0 Å². The quantitative estimate of drug-likeness (QED) is 0.317. The van der Waals surface area contributed by atoms with Crippen molar-refractivity contribution in [2.45, 2.75) is 95.2 Å². The average Bonchev–Trinajstić information content (AvgIpc) is 3.62. The molecule has 3 aliphatic carbocycles. The number of ketones is 1. The Bertz CT molecular complexity index is 1120. The molecule has 11 atom stereocenters. The van der Waals surface area contributed by atoms with Crippen LogP contribution in [0.4, 0.5) is 0 Å². The van der Waals surface area contributed by atoms with Crippen LogP contribution in [0.5, 0.6) is 0 Å². The summed E-state index contributed by atoms with van der Waals surface area (Å²) < 4.78 is 29.6. The Morgan fingerprint density at radius 2 is 1.72 bits per heavy atom. The lowest BCUT2D eigenvalue weighted by Gasteiger charge is -2.57. The van der Waals surface area contributed by atoms with Crippen molar-refractivity contribution in [1.29, 1.82) is 0 Å². The van der Waals surface area contributed by atoms with Gasteiger partial charge in [-0.3, -0.25) is 14.4 Å². The number of Topliss-reactive ketones (excluding diaryl/α,β-unsaturated/α-hetero) is 1. The van der Waals surface area contributed by atoms with E-state index in [0.717, 1.165) is 0 Å². The molecule has 3 heterocycles. The Hall–Kier alpha value is -2.11. The molecule has 6 aliphatic rings. The molecule has 0 aromatic heterocycles. The topological polar surface area (TPSA) is 144 Å². The number of carbonyl (C=O) groups is 3. The van der Waals surface area contributed by atoms with E-state index >= 15 is 0 Å². The Morgan fingerprint density at radius 3 is 2.33 bits per heavy atom. The summed E-state index contributed by atoms with van der Waals surface area (Å²) in [6.45, 7) is 9.44. The third kappa shape index (κ3) is 3.05. The molecule has 36 heavy (non-hydrogen) atoms. The lowest BCUT2D eigenvalue weighted by Crippen LogP contribution is -2.68. The number of rotatable bonds is 4. The Morgan fingerprint density at radius 1 is 1.08 bits per heavy atom. The minimum absolute atomic E-state index is 0.208. The molecule has 0 aromatic rings. The standard InChI is InChI=1S/C26H32O10/c1-10(27)32-17-14-12(16(29)19-20(17)34-19)9-13-24(5,6)36-26(31)22-21(35-22)18(33-11(2)28)15(14)25(13,26)8-7-23(3,4)30/h7-9,13-15,17-22,30-31H,1-6H3/b8-7+/t13-,14-,15-,17-,18-,19-,20+,21+,22+,25-,26+/m1/s1. The number of ether oxygens (including phenoxy) is 5. The third-order valence-electron chi connectivity index (χ3n) is 8.65. The molecule has 3 saturated heterocycles. The maximum atomic E-state index is 13.5. The van der Waals surface area contributed by atoms with Gasteiger partial charge in [0, 0.05) is 37.2 Å². The molecular weight excluding hydrogens is 472 g/mol. The molecule has 5 fully saturated rings. The van der Waals surface area contributed by atoms with E-state index in [-0.39, 0.29) is 5.78 Å². The normalized spacial score (nSPS) is 49.3. The first-order valence-electron chi connectivity index (χ1n) is 12.4. The summed E-state index contributed by atoms with van der Waals surface area (Å²) in [6.07, 6.45) is 0.608. The largest absolute Gasteiger partial charge is 0.459 e. The highest BCUT2D eigenvalue weighted by Crippen LogP contribution is 2.73. The summed E-state index contributed by atoms with van der Waals surface area (Å²) in [7, 11) is 0. The number of aliphatic hydroxyl groups is 2.